The Kier molecular flexibility index (Phi) is 5.32. The maximum atomic E-state index is 11.8. The van der Waals surface area contributed by atoms with Crippen molar-refractivity contribution in [2.45, 2.75) is 13.0 Å². The highest BCUT2D eigenvalue weighted by molar-refractivity contribution is 5.92. The molecule has 1 atom stereocenters. The summed E-state index contributed by atoms with van der Waals surface area (Å²) in [6.45, 7) is 1.74. The lowest BCUT2D eigenvalue weighted by Gasteiger charge is -2.21. The molecule has 0 fully saturated rings. The largest absolute Gasteiger partial charge is 0.497 e. The number of benzene rings is 1. The number of primary amides is 1. The van der Waals surface area contributed by atoms with E-state index in [1.54, 1.807) is 50.2 Å². The van der Waals surface area contributed by atoms with E-state index in [1.807, 2.05) is 0 Å². The van der Waals surface area contributed by atoms with Gasteiger partial charge in [-0.25, -0.2) is 0 Å². The van der Waals surface area contributed by atoms with Gasteiger partial charge in [-0.05, 0) is 26.1 Å². The van der Waals surface area contributed by atoms with Gasteiger partial charge in [0.2, 0.25) is 11.8 Å². The molecule has 1 aromatic carbocycles. The number of ether oxygens (including phenoxy) is 1. The molecule has 0 aliphatic carbocycles. The normalized spacial score (nSPS) is 12.0. The molecule has 19 heavy (non-hydrogen) atoms. The van der Waals surface area contributed by atoms with Crippen LogP contribution in [0.25, 0.3) is 0 Å². The number of likely N-dealkylation sites (N-methyl/N-ethyl adjacent to an activating group) is 1. The number of nitrogens with zero attached hydrogens (tertiary/aromatic N) is 1. The van der Waals surface area contributed by atoms with E-state index in [4.69, 9.17) is 10.5 Å². The predicted molar refractivity (Wildman–Crippen MR) is 72.9 cm³/mol. The van der Waals surface area contributed by atoms with Crippen LogP contribution in [0, 0.1) is 0 Å². The molecule has 0 aliphatic heterocycles. The summed E-state index contributed by atoms with van der Waals surface area (Å²) in [5, 5.41) is 2.73. The molecule has 0 heterocycles. The average molecular weight is 265 g/mol. The van der Waals surface area contributed by atoms with E-state index in [-0.39, 0.29) is 12.5 Å². The topological polar surface area (TPSA) is 84.7 Å². The van der Waals surface area contributed by atoms with Crippen molar-refractivity contribution in [2.75, 3.05) is 26.0 Å². The first-order valence-electron chi connectivity index (χ1n) is 5.87. The van der Waals surface area contributed by atoms with Crippen molar-refractivity contribution in [1.82, 2.24) is 4.90 Å². The van der Waals surface area contributed by atoms with Crippen molar-refractivity contribution in [3.8, 4) is 5.75 Å². The highest BCUT2D eigenvalue weighted by atomic mass is 16.5. The summed E-state index contributed by atoms with van der Waals surface area (Å²) in [5.74, 6) is -0.0165. The minimum atomic E-state index is -0.490. The summed E-state index contributed by atoms with van der Waals surface area (Å²) in [7, 11) is 3.23. The Morgan fingerprint density at radius 1 is 1.47 bits per heavy atom. The third kappa shape index (κ3) is 4.59. The molecule has 6 nitrogen and oxygen atoms in total. The Hall–Kier alpha value is -2.08. The Labute approximate surface area is 112 Å². The minimum Gasteiger partial charge on any atom is -0.497 e. The van der Waals surface area contributed by atoms with Gasteiger partial charge in [-0.3, -0.25) is 14.5 Å². The van der Waals surface area contributed by atoms with Gasteiger partial charge in [-0.1, -0.05) is 6.07 Å². The van der Waals surface area contributed by atoms with Crippen molar-refractivity contribution in [1.29, 1.82) is 0 Å². The lowest BCUT2D eigenvalue weighted by Crippen LogP contribution is -2.43. The van der Waals surface area contributed by atoms with E-state index in [9.17, 15) is 9.59 Å². The summed E-state index contributed by atoms with van der Waals surface area (Å²) >= 11 is 0. The summed E-state index contributed by atoms with van der Waals surface area (Å²) in [6.07, 6.45) is 0. The predicted octanol–water partition coefficient (Wildman–Crippen LogP) is 0.439. The maximum absolute atomic E-state index is 11.8. The van der Waals surface area contributed by atoms with Crippen LogP contribution < -0.4 is 15.8 Å². The first-order chi connectivity index (χ1) is 8.93. The smallest absolute Gasteiger partial charge is 0.238 e. The summed E-state index contributed by atoms with van der Waals surface area (Å²) in [4.78, 5) is 24.4. The second-order valence-electron chi connectivity index (χ2n) is 4.27. The number of nitrogens with one attached hydrogen (secondary N) is 1. The Morgan fingerprint density at radius 3 is 2.74 bits per heavy atom. The van der Waals surface area contributed by atoms with Crippen LogP contribution in [-0.4, -0.2) is 43.5 Å². The van der Waals surface area contributed by atoms with Gasteiger partial charge >= 0.3 is 0 Å². The van der Waals surface area contributed by atoms with E-state index in [0.29, 0.717) is 11.4 Å². The van der Waals surface area contributed by atoms with Crippen molar-refractivity contribution in [2.24, 2.45) is 5.73 Å². The van der Waals surface area contributed by atoms with Gasteiger partial charge in [0.15, 0.2) is 0 Å². The van der Waals surface area contributed by atoms with Gasteiger partial charge in [-0.15, -0.1) is 0 Å². The zero-order valence-electron chi connectivity index (χ0n) is 11.3. The highest BCUT2D eigenvalue weighted by Gasteiger charge is 2.17. The van der Waals surface area contributed by atoms with Crippen LogP contribution in [0.1, 0.15) is 6.92 Å². The van der Waals surface area contributed by atoms with Crippen LogP contribution in [0.15, 0.2) is 24.3 Å². The number of methoxy groups -OCH3 is 1. The van der Waals surface area contributed by atoms with Gasteiger partial charge in [0.25, 0.3) is 0 Å². The Balaban J connectivity index is 2.57. The Morgan fingerprint density at radius 2 is 2.16 bits per heavy atom. The monoisotopic (exact) mass is 265 g/mol. The number of nitrogens with two attached hydrogens (primary N) is 1. The Bertz CT molecular complexity index is 462. The number of carbonyl (C=O) groups excluding carboxylic acids is 2. The lowest BCUT2D eigenvalue weighted by atomic mass is 10.2. The number of hydrogen-bond donors (Lipinski definition) is 2. The minimum absolute atomic E-state index is 0.0846. The summed E-state index contributed by atoms with van der Waals surface area (Å²) < 4.78 is 5.06. The van der Waals surface area contributed by atoms with Gasteiger partial charge in [0.1, 0.15) is 5.75 Å². The van der Waals surface area contributed by atoms with E-state index in [0.717, 1.165) is 0 Å². The van der Waals surface area contributed by atoms with Gasteiger partial charge in [0.05, 0.1) is 19.7 Å². The average Bonchev–Trinajstić information content (AvgIpc) is 2.37. The fourth-order valence-corrected chi connectivity index (χ4v) is 1.48. The van der Waals surface area contributed by atoms with Crippen LogP contribution in [-0.2, 0) is 9.59 Å². The zero-order valence-corrected chi connectivity index (χ0v) is 11.3. The number of carbonyl (C=O) groups is 2. The number of anilines is 1. The summed E-state index contributed by atoms with van der Waals surface area (Å²) in [6, 6.07) is 6.56. The van der Waals surface area contributed by atoms with Crippen LogP contribution in [0.2, 0.25) is 0 Å². The van der Waals surface area contributed by atoms with E-state index < -0.39 is 11.9 Å². The molecule has 2 amide bonds. The maximum Gasteiger partial charge on any atom is 0.238 e. The molecular weight excluding hydrogens is 246 g/mol. The van der Waals surface area contributed by atoms with Gasteiger partial charge in [-0.2, -0.15) is 0 Å². The molecule has 1 aromatic rings. The van der Waals surface area contributed by atoms with Crippen LogP contribution in [0.4, 0.5) is 5.69 Å². The molecule has 0 radical (unpaired) electrons. The third-order valence-electron chi connectivity index (χ3n) is 2.82. The molecular formula is C13H19N3O3. The lowest BCUT2D eigenvalue weighted by molar-refractivity contribution is -0.123. The van der Waals surface area contributed by atoms with E-state index in [1.165, 1.54) is 0 Å². The van der Waals surface area contributed by atoms with Crippen LogP contribution in [0.3, 0.4) is 0 Å². The van der Waals surface area contributed by atoms with Crippen molar-refractivity contribution >= 4 is 17.5 Å². The second-order valence-corrected chi connectivity index (χ2v) is 4.27. The van der Waals surface area contributed by atoms with Crippen molar-refractivity contribution in [3.05, 3.63) is 24.3 Å². The molecule has 0 aromatic heterocycles. The molecule has 3 N–H and O–H groups in total. The molecule has 1 rings (SSSR count). The number of amides is 2. The zero-order chi connectivity index (χ0) is 14.4. The van der Waals surface area contributed by atoms with Crippen LogP contribution in [0.5, 0.6) is 5.75 Å². The molecule has 0 saturated heterocycles. The molecule has 0 bridgehead atoms. The molecule has 0 spiro atoms. The fourth-order valence-electron chi connectivity index (χ4n) is 1.48. The van der Waals surface area contributed by atoms with Crippen molar-refractivity contribution in [3.63, 3.8) is 0 Å². The second kappa shape index (κ2) is 6.75. The molecule has 0 aliphatic rings. The third-order valence-corrected chi connectivity index (χ3v) is 2.82. The fraction of sp³-hybridized carbons (Fsp3) is 0.385. The summed E-state index contributed by atoms with van der Waals surface area (Å²) in [5.41, 5.74) is 5.82. The van der Waals surface area contributed by atoms with Gasteiger partial charge < -0.3 is 15.8 Å². The molecule has 1 unspecified atom stereocenters. The van der Waals surface area contributed by atoms with Crippen LogP contribution >= 0.6 is 0 Å². The molecule has 6 heteroatoms. The number of hydrogen-bond acceptors (Lipinski definition) is 4. The van der Waals surface area contributed by atoms with E-state index >= 15 is 0 Å². The SMILES string of the molecule is COc1cccc(NC(=O)CN(C)C(C)C(N)=O)c1. The molecule has 104 valence electrons. The first-order valence-corrected chi connectivity index (χ1v) is 5.87. The quantitative estimate of drug-likeness (QED) is 0.781. The standard InChI is InChI=1S/C13H19N3O3/c1-9(13(14)18)16(2)8-12(17)15-10-5-4-6-11(7-10)19-3/h4-7,9H,8H2,1-3H3,(H2,14,18)(H,15,17). The van der Waals surface area contributed by atoms with Gasteiger partial charge in [0, 0.05) is 11.8 Å². The molecule has 0 saturated carbocycles. The first kappa shape index (κ1) is 15.0. The van der Waals surface area contributed by atoms with Crippen molar-refractivity contribution < 1.29 is 14.3 Å². The number of rotatable bonds is 6. The van der Waals surface area contributed by atoms with E-state index in [2.05, 4.69) is 5.32 Å². The highest BCUT2D eigenvalue weighted by Crippen LogP contribution is 2.16.